The largest absolute Gasteiger partial charge is 0.299 e. The fourth-order valence-corrected chi connectivity index (χ4v) is 3.73. The van der Waals surface area contributed by atoms with Gasteiger partial charge < -0.3 is 0 Å². The van der Waals surface area contributed by atoms with E-state index in [9.17, 15) is 4.79 Å². The van der Waals surface area contributed by atoms with Crippen LogP contribution in [0.15, 0.2) is 24.3 Å². The van der Waals surface area contributed by atoms with Crippen LogP contribution in [0.5, 0.6) is 0 Å². The number of hydrogen-bond donors (Lipinski definition) is 0. The average molecular weight is 286 g/mol. The predicted molar refractivity (Wildman–Crippen MR) is 89.5 cm³/mol. The lowest BCUT2D eigenvalue weighted by Gasteiger charge is -2.38. The molecule has 2 atom stereocenters. The minimum atomic E-state index is -0.0514. The van der Waals surface area contributed by atoms with Crippen LogP contribution in [0.25, 0.3) is 0 Å². The monoisotopic (exact) mass is 286 g/mol. The van der Waals surface area contributed by atoms with Crippen molar-refractivity contribution in [3.63, 3.8) is 0 Å². The highest BCUT2D eigenvalue weighted by molar-refractivity contribution is 5.83. The Morgan fingerprint density at radius 2 is 1.95 bits per heavy atom. The van der Waals surface area contributed by atoms with Crippen molar-refractivity contribution in [2.24, 2.45) is 17.8 Å². The second-order valence-electron chi connectivity index (χ2n) is 7.93. The molecule has 1 fully saturated rings. The van der Waals surface area contributed by atoms with Crippen LogP contribution in [0.2, 0.25) is 0 Å². The Hall–Kier alpha value is -1.11. The van der Waals surface area contributed by atoms with Gasteiger partial charge >= 0.3 is 0 Å². The lowest BCUT2D eigenvalue weighted by molar-refractivity contribution is -0.128. The van der Waals surface area contributed by atoms with E-state index in [0.29, 0.717) is 17.6 Å². The van der Waals surface area contributed by atoms with Crippen molar-refractivity contribution in [3.8, 4) is 0 Å². The molecule has 2 rings (SSSR count). The first-order valence-electron chi connectivity index (χ1n) is 8.42. The molecular formula is C20H30O. The standard InChI is InChI=1S/C20H30O/c1-14(2)11-16-7-6-8-17(13-16)20(4,5)18-10-9-15(3)12-19(18)21/h6-8,13-15,18H,9-12H2,1-5H3. The highest BCUT2D eigenvalue weighted by atomic mass is 16.1. The average Bonchev–Trinajstić information content (AvgIpc) is 2.37. The zero-order valence-corrected chi connectivity index (χ0v) is 14.3. The van der Waals surface area contributed by atoms with Gasteiger partial charge in [0.2, 0.25) is 0 Å². The Kier molecular flexibility index (Phi) is 4.91. The van der Waals surface area contributed by atoms with Crippen LogP contribution in [0.3, 0.4) is 0 Å². The number of carbonyl (C=O) groups excluding carboxylic acids is 1. The summed E-state index contributed by atoms with van der Waals surface area (Å²) in [7, 11) is 0. The minimum Gasteiger partial charge on any atom is -0.299 e. The number of hydrogen-bond acceptors (Lipinski definition) is 1. The molecule has 116 valence electrons. The molecule has 0 saturated heterocycles. The second kappa shape index (κ2) is 6.34. The van der Waals surface area contributed by atoms with Crippen LogP contribution >= 0.6 is 0 Å². The highest BCUT2D eigenvalue weighted by Gasteiger charge is 2.39. The van der Waals surface area contributed by atoms with E-state index in [2.05, 4.69) is 58.9 Å². The molecule has 1 saturated carbocycles. The number of Topliss-reactive ketones (excluding diaryl/α,β-unsaturated/α-hetero) is 1. The van der Waals surface area contributed by atoms with E-state index in [1.54, 1.807) is 0 Å². The quantitative estimate of drug-likeness (QED) is 0.746. The molecule has 0 bridgehead atoms. The molecule has 1 aliphatic rings. The zero-order chi connectivity index (χ0) is 15.6. The smallest absolute Gasteiger partial charge is 0.137 e. The molecule has 0 spiro atoms. The molecule has 1 aromatic rings. The van der Waals surface area contributed by atoms with Crippen molar-refractivity contribution < 1.29 is 4.79 Å². The van der Waals surface area contributed by atoms with Crippen LogP contribution < -0.4 is 0 Å². The summed E-state index contributed by atoms with van der Waals surface area (Å²) in [5, 5.41) is 0. The van der Waals surface area contributed by atoms with E-state index in [-0.39, 0.29) is 11.3 Å². The zero-order valence-electron chi connectivity index (χ0n) is 14.3. The maximum atomic E-state index is 12.5. The molecule has 1 heteroatoms. The van der Waals surface area contributed by atoms with Crippen molar-refractivity contribution in [1.29, 1.82) is 0 Å². The van der Waals surface area contributed by atoms with Gasteiger partial charge in [0, 0.05) is 12.3 Å². The highest BCUT2D eigenvalue weighted by Crippen LogP contribution is 2.40. The summed E-state index contributed by atoms with van der Waals surface area (Å²) in [6.45, 7) is 11.2. The third kappa shape index (κ3) is 3.75. The lowest BCUT2D eigenvalue weighted by atomic mass is 9.65. The SMILES string of the molecule is CC(C)Cc1cccc(C(C)(C)C2CCC(C)CC2=O)c1. The normalized spacial score (nSPS) is 23.6. The Balaban J connectivity index is 2.24. The molecule has 0 amide bonds. The van der Waals surface area contributed by atoms with Gasteiger partial charge in [-0.25, -0.2) is 0 Å². The van der Waals surface area contributed by atoms with Crippen LogP contribution in [0, 0.1) is 17.8 Å². The summed E-state index contributed by atoms with van der Waals surface area (Å²) in [5.74, 6) is 1.88. The third-order valence-electron chi connectivity index (χ3n) is 5.07. The van der Waals surface area contributed by atoms with Crippen LogP contribution in [0.1, 0.15) is 65.0 Å². The molecular weight excluding hydrogens is 256 g/mol. The van der Waals surface area contributed by atoms with Crippen LogP contribution in [0.4, 0.5) is 0 Å². The van der Waals surface area contributed by atoms with Crippen molar-refractivity contribution in [1.82, 2.24) is 0 Å². The van der Waals surface area contributed by atoms with Gasteiger partial charge in [0.15, 0.2) is 0 Å². The summed E-state index contributed by atoms with van der Waals surface area (Å²) >= 11 is 0. The molecule has 1 nitrogen and oxygen atoms in total. The van der Waals surface area contributed by atoms with Gasteiger partial charge in [0.05, 0.1) is 0 Å². The first kappa shape index (κ1) is 16.3. The van der Waals surface area contributed by atoms with Gasteiger partial charge in [-0.3, -0.25) is 4.79 Å². The third-order valence-corrected chi connectivity index (χ3v) is 5.07. The van der Waals surface area contributed by atoms with E-state index in [4.69, 9.17) is 0 Å². The Labute approximate surface area is 130 Å². The predicted octanol–water partition coefficient (Wildman–Crippen LogP) is 5.17. The van der Waals surface area contributed by atoms with Crippen molar-refractivity contribution in [2.75, 3.05) is 0 Å². The molecule has 1 aliphatic carbocycles. The van der Waals surface area contributed by atoms with Gasteiger partial charge in [-0.05, 0) is 47.6 Å². The minimum absolute atomic E-state index is 0.0514. The molecule has 0 radical (unpaired) electrons. The topological polar surface area (TPSA) is 17.1 Å². The van der Waals surface area contributed by atoms with Gasteiger partial charge in [-0.1, -0.05) is 58.9 Å². The number of carbonyl (C=O) groups is 1. The van der Waals surface area contributed by atoms with Gasteiger partial charge in [-0.15, -0.1) is 0 Å². The van der Waals surface area contributed by atoms with E-state index >= 15 is 0 Å². The maximum Gasteiger partial charge on any atom is 0.137 e. The molecule has 0 aliphatic heterocycles. The van der Waals surface area contributed by atoms with Gasteiger partial charge in [0.1, 0.15) is 5.78 Å². The molecule has 1 aromatic carbocycles. The number of benzene rings is 1. The molecule has 0 aromatic heterocycles. The first-order chi connectivity index (χ1) is 9.80. The maximum absolute atomic E-state index is 12.5. The fourth-order valence-electron chi connectivity index (χ4n) is 3.73. The molecule has 21 heavy (non-hydrogen) atoms. The van der Waals surface area contributed by atoms with E-state index in [1.807, 2.05) is 0 Å². The molecule has 0 N–H and O–H groups in total. The van der Waals surface area contributed by atoms with Crippen LogP contribution in [-0.2, 0) is 16.6 Å². The van der Waals surface area contributed by atoms with E-state index in [1.165, 1.54) is 17.5 Å². The molecule has 0 heterocycles. The summed E-state index contributed by atoms with van der Waals surface area (Å²) < 4.78 is 0. The first-order valence-corrected chi connectivity index (χ1v) is 8.42. The van der Waals surface area contributed by atoms with Crippen molar-refractivity contribution in [3.05, 3.63) is 35.4 Å². The fraction of sp³-hybridized carbons (Fsp3) is 0.650. The Morgan fingerprint density at radius 1 is 1.24 bits per heavy atom. The second-order valence-corrected chi connectivity index (χ2v) is 7.93. The van der Waals surface area contributed by atoms with Crippen molar-refractivity contribution >= 4 is 5.78 Å². The van der Waals surface area contributed by atoms with E-state index in [0.717, 1.165) is 19.3 Å². The van der Waals surface area contributed by atoms with Gasteiger partial charge in [0.25, 0.3) is 0 Å². The van der Waals surface area contributed by atoms with Crippen LogP contribution in [-0.4, -0.2) is 5.78 Å². The summed E-state index contributed by atoms with van der Waals surface area (Å²) in [6.07, 6.45) is 4.10. The van der Waals surface area contributed by atoms with Crippen molar-refractivity contribution in [2.45, 2.75) is 65.7 Å². The molecule has 2 unspecified atom stereocenters. The van der Waals surface area contributed by atoms with E-state index < -0.39 is 0 Å². The lowest BCUT2D eigenvalue weighted by Crippen LogP contribution is -2.38. The van der Waals surface area contributed by atoms with Gasteiger partial charge in [-0.2, -0.15) is 0 Å². The Bertz CT molecular complexity index is 498. The summed E-state index contributed by atoms with van der Waals surface area (Å²) in [4.78, 5) is 12.5. The summed E-state index contributed by atoms with van der Waals surface area (Å²) in [5.41, 5.74) is 2.67. The number of ketones is 1. The number of rotatable bonds is 4. The Morgan fingerprint density at radius 3 is 2.57 bits per heavy atom. The summed E-state index contributed by atoms with van der Waals surface area (Å²) in [6, 6.07) is 8.90.